The summed E-state index contributed by atoms with van der Waals surface area (Å²) < 4.78 is 22.1. The first-order chi connectivity index (χ1) is 58.5. The lowest BCUT2D eigenvalue weighted by Crippen LogP contribution is -2.15. The zero-order valence-electron chi connectivity index (χ0n) is 65.6. The quantitative estimate of drug-likeness (QED) is 0.158. The number of hydrogen-bond donors (Lipinski definition) is 0. The third kappa shape index (κ3) is 10.2. The Hall–Kier alpha value is -15.1. The number of para-hydroxylation sites is 5. The van der Waals surface area contributed by atoms with Gasteiger partial charge in [-0.3, -0.25) is 0 Å². The summed E-state index contributed by atoms with van der Waals surface area (Å²) in [7, 11) is 0. The van der Waals surface area contributed by atoms with Gasteiger partial charge in [0.1, 0.15) is 5.82 Å². The first kappa shape index (κ1) is 68.3. The monoisotopic (exact) mass is 1530 g/mol. The van der Waals surface area contributed by atoms with E-state index in [0.29, 0.717) is 40.5 Å². The molecule has 26 rings (SSSR count). The molecule has 4 aliphatic rings. The molecule has 6 aromatic heterocycles. The van der Waals surface area contributed by atoms with Gasteiger partial charge in [0.2, 0.25) is 0 Å². The van der Waals surface area contributed by atoms with E-state index in [1.807, 2.05) is 54.6 Å². The predicted molar refractivity (Wildman–Crippen MR) is 484 cm³/mol. The Balaban J connectivity index is 0.000000113. The van der Waals surface area contributed by atoms with Crippen molar-refractivity contribution < 1.29 is 4.39 Å². The van der Waals surface area contributed by atoms with E-state index in [0.717, 1.165) is 51.0 Å². The lowest BCUT2D eigenvalue weighted by Gasteiger charge is -2.21. The van der Waals surface area contributed by atoms with Gasteiger partial charge in [-0.1, -0.05) is 307 Å². The molecule has 3 aliphatic carbocycles. The van der Waals surface area contributed by atoms with Crippen LogP contribution in [0.4, 0.5) is 4.39 Å². The summed E-state index contributed by atoms with van der Waals surface area (Å²) in [5, 5.41) is 10.2. The van der Waals surface area contributed by atoms with E-state index >= 15 is 0 Å². The van der Waals surface area contributed by atoms with Crippen LogP contribution in [0.2, 0.25) is 0 Å². The highest BCUT2D eigenvalue weighted by Gasteiger charge is 2.38. The number of rotatable bonds is 7. The molecule has 7 heterocycles. The molecule has 119 heavy (non-hydrogen) atoms. The van der Waals surface area contributed by atoms with Crippen molar-refractivity contribution >= 4 is 81.7 Å². The van der Waals surface area contributed by atoms with Gasteiger partial charge in [-0.2, -0.15) is 0 Å². The average molecular weight is 1530 g/mol. The summed E-state index contributed by atoms with van der Waals surface area (Å²) in [6.45, 7) is 9.12. The largest absolute Gasteiger partial charge is 0.308 e. The van der Waals surface area contributed by atoms with Gasteiger partial charge in [-0.05, 0) is 151 Å². The molecule has 16 aromatic carbocycles. The van der Waals surface area contributed by atoms with Crippen LogP contribution in [0.1, 0.15) is 61.1 Å². The number of fused-ring (bicyclic) bond motifs is 16. The van der Waals surface area contributed by atoms with Gasteiger partial charge in [-0.25, -0.2) is 34.3 Å². The molecule has 0 unspecified atom stereocenters. The van der Waals surface area contributed by atoms with Crippen molar-refractivity contribution in [2.75, 3.05) is 0 Å². The van der Waals surface area contributed by atoms with E-state index in [1.54, 1.807) is 18.2 Å². The molecule has 10 heteroatoms. The van der Waals surface area contributed by atoms with Gasteiger partial charge in [0.15, 0.2) is 34.9 Å². The van der Waals surface area contributed by atoms with E-state index in [-0.39, 0.29) is 16.6 Å². The zero-order chi connectivity index (χ0) is 79.1. The Morgan fingerprint density at radius 3 is 1.30 bits per heavy atom. The number of halogens is 1. The van der Waals surface area contributed by atoms with Crippen molar-refractivity contribution in [2.24, 2.45) is 0 Å². The minimum absolute atomic E-state index is 0.133. The fraction of sp³-hybridized carbons (Fsp3) is 0.0642. The van der Waals surface area contributed by atoms with Gasteiger partial charge in [0.25, 0.3) is 0 Å². The Kier molecular flexibility index (Phi) is 14.9. The Morgan fingerprint density at radius 1 is 0.252 bits per heavy atom. The Labute approximate surface area is 685 Å². The van der Waals surface area contributed by atoms with Gasteiger partial charge >= 0.3 is 0 Å². The number of hydrogen-bond acceptors (Lipinski definition) is 6. The average Bonchev–Trinajstić information content (AvgIpc) is 1.53. The normalized spacial score (nSPS) is 13.4. The summed E-state index contributed by atoms with van der Waals surface area (Å²) in [5.41, 5.74) is 34.3. The molecule has 0 fully saturated rings. The molecule has 0 saturated heterocycles. The lowest BCUT2D eigenvalue weighted by atomic mass is 9.82. The lowest BCUT2D eigenvalue weighted by molar-refractivity contribution is 0.630. The standard InChI is InChI=1S/C54H35N5.C30H22FN3.C25H15N/c1-54(2)41-23-9-6-17-34(41)35-30-29-33(31-42(35)54)52-55-51(32-15-4-3-5-16-32)56-53(57-52)40-19-8-11-25-44(40)58-45-26-13-20-37-39-22-12-21-38-36-18-7-10-24-43(36)59(50(38)39)47-28-14-27-46(58)49(47)48(37)45;1-30(2)24-14-8-6-12-21(24)22-17-16-20(18-25(22)30)28-32-27(19-10-4-3-5-11-19)33-29(34-28)23-13-7-9-15-26(23)31;1-2-12-21-17(8-1)19-10-5-11-20-18-9-3-6-15-14-16-7-4-13-22(24(16)23(15)18)26(21)25(19)20/h3-31H,1-2H3;3-18H,1-2H3;1-13H,14H2. The minimum atomic E-state index is -0.357. The van der Waals surface area contributed by atoms with E-state index in [9.17, 15) is 4.39 Å². The highest BCUT2D eigenvalue weighted by atomic mass is 19.1. The van der Waals surface area contributed by atoms with Crippen LogP contribution >= 0.6 is 0 Å². The second kappa shape index (κ2) is 25.9. The second-order valence-electron chi connectivity index (χ2n) is 32.8. The van der Waals surface area contributed by atoms with Crippen molar-refractivity contribution in [3.63, 3.8) is 0 Å². The number of benzene rings is 16. The second-order valence-corrected chi connectivity index (χ2v) is 32.8. The van der Waals surface area contributed by atoms with E-state index < -0.39 is 0 Å². The third-order valence-corrected chi connectivity index (χ3v) is 25.7. The number of aromatic nitrogens is 9. The summed E-state index contributed by atoms with van der Waals surface area (Å²) in [4.78, 5) is 30.0. The van der Waals surface area contributed by atoms with Crippen molar-refractivity contribution in [3.8, 4) is 124 Å². The molecular weight excluding hydrogens is 1450 g/mol. The molecule has 9 nitrogen and oxygen atoms in total. The van der Waals surface area contributed by atoms with Gasteiger partial charge in [0, 0.05) is 87.5 Å². The van der Waals surface area contributed by atoms with Gasteiger partial charge in [0.05, 0.1) is 55.6 Å². The van der Waals surface area contributed by atoms with Crippen LogP contribution in [0, 0.1) is 5.82 Å². The fourth-order valence-corrected chi connectivity index (χ4v) is 20.3. The predicted octanol–water partition coefficient (Wildman–Crippen LogP) is 27.1. The van der Waals surface area contributed by atoms with Crippen LogP contribution in [0.25, 0.3) is 206 Å². The van der Waals surface area contributed by atoms with Crippen LogP contribution in [0.3, 0.4) is 0 Å². The van der Waals surface area contributed by atoms with Gasteiger partial charge in [-0.15, -0.1) is 0 Å². The SMILES string of the molecule is CC1(C)c2ccccc2-c2ccc(-c3nc(-c4ccccc4)nc(-c4ccccc4-n4c5cccc6c7cccc8c9ccccc9n(c9cccc4c9c65)c78)n3)cc21.CC1(C)c2ccccc2-c2ccc(-c3nc(-c4ccccc4)nc(-c4ccccc4F)n3)cc21.c1cc2c3c(c1)-c1cccc4c5ccccc5n(c14)-c1cccc(c1-3)C2. The molecule has 0 atom stereocenters. The maximum absolute atomic E-state index is 14.7. The zero-order valence-corrected chi connectivity index (χ0v) is 65.6. The maximum Gasteiger partial charge on any atom is 0.167 e. The maximum atomic E-state index is 14.7. The Bertz CT molecular complexity index is 8040. The first-order valence-corrected chi connectivity index (χ1v) is 40.8. The summed E-state index contributed by atoms with van der Waals surface area (Å²) in [6.07, 6.45) is 1.04. The highest BCUT2D eigenvalue weighted by molar-refractivity contribution is 6.31. The van der Waals surface area contributed by atoms with Crippen LogP contribution in [-0.4, -0.2) is 43.4 Å². The van der Waals surface area contributed by atoms with Crippen LogP contribution in [0.15, 0.2) is 352 Å². The van der Waals surface area contributed by atoms with Crippen molar-refractivity contribution in [1.82, 2.24) is 43.4 Å². The molecular formula is C109H72FN9. The molecule has 560 valence electrons. The van der Waals surface area contributed by atoms with Crippen molar-refractivity contribution in [1.29, 1.82) is 0 Å². The van der Waals surface area contributed by atoms with E-state index in [1.165, 1.54) is 160 Å². The van der Waals surface area contributed by atoms with E-state index in [2.05, 4.69) is 319 Å². The third-order valence-electron chi connectivity index (χ3n) is 25.7. The summed E-state index contributed by atoms with van der Waals surface area (Å²) >= 11 is 0. The molecule has 0 amide bonds. The molecule has 0 saturated carbocycles. The topological polar surface area (TPSA) is 91.6 Å². The number of nitrogens with zero attached hydrogens (tertiary/aromatic N) is 9. The van der Waals surface area contributed by atoms with Crippen LogP contribution in [-0.2, 0) is 17.3 Å². The molecule has 22 aromatic rings. The molecule has 1 aliphatic heterocycles. The van der Waals surface area contributed by atoms with E-state index in [4.69, 9.17) is 24.9 Å². The van der Waals surface area contributed by atoms with Crippen molar-refractivity contribution in [2.45, 2.75) is 44.9 Å². The summed E-state index contributed by atoms with van der Waals surface area (Å²) in [6, 6.07) is 124. The first-order valence-electron chi connectivity index (χ1n) is 40.8. The molecule has 0 N–H and O–H groups in total. The fourth-order valence-electron chi connectivity index (χ4n) is 20.3. The summed E-state index contributed by atoms with van der Waals surface area (Å²) in [5.74, 6) is 2.94. The van der Waals surface area contributed by atoms with Gasteiger partial charge < -0.3 is 13.5 Å². The molecule has 0 spiro atoms. The molecule has 0 bridgehead atoms. The van der Waals surface area contributed by atoms with Crippen LogP contribution in [0.5, 0.6) is 0 Å². The smallest absolute Gasteiger partial charge is 0.167 e. The Morgan fingerprint density at radius 2 is 0.655 bits per heavy atom. The molecule has 0 radical (unpaired) electrons. The van der Waals surface area contributed by atoms with Crippen LogP contribution < -0.4 is 0 Å². The van der Waals surface area contributed by atoms with Crippen molar-refractivity contribution in [3.05, 3.63) is 391 Å². The minimum Gasteiger partial charge on any atom is -0.308 e. The highest BCUT2D eigenvalue weighted by Crippen LogP contribution is 2.55.